The fourth-order valence-electron chi connectivity index (χ4n) is 3.93. The van der Waals surface area contributed by atoms with Crippen LogP contribution in [0.25, 0.3) is 10.2 Å². The van der Waals surface area contributed by atoms with Crippen LogP contribution < -0.4 is 5.32 Å². The number of para-hydroxylation sites is 1. The van der Waals surface area contributed by atoms with Crippen molar-refractivity contribution in [2.24, 2.45) is 0 Å². The molecule has 1 saturated heterocycles. The largest absolute Gasteiger partial charge is 0.326 e. The van der Waals surface area contributed by atoms with Crippen molar-refractivity contribution in [3.05, 3.63) is 81.5 Å². The van der Waals surface area contributed by atoms with Gasteiger partial charge in [0.1, 0.15) is 6.04 Å². The van der Waals surface area contributed by atoms with Crippen molar-refractivity contribution in [2.75, 3.05) is 11.9 Å². The highest BCUT2D eigenvalue weighted by Crippen LogP contribution is 2.25. The minimum atomic E-state index is -0.419. The lowest BCUT2D eigenvalue weighted by Crippen LogP contribution is -2.42. The quantitative estimate of drug-likeness (QED) is 0.458. The molecule has 2 amide bonds. The third kappa shape index (κ3) is 4.24. The fourth-order valence-corrected chi connectivity index (χ4v) is 5.61. The van der Waals surface area contributed by atoms with E-state index in [1.165, 1.54) is 16.0 Å². The average Bonchev–Trinajstić information content (AvgIpc) is 3.54. The Kier molecular flexibility index (Phi) is 5.53. The maximum absolute atomic E-state index is 12.9. The van der Waals surface area contributed by atoms with E-state index in [0.717, 1.165) is 34.6 Å². The molecule has 2 aromatic carbocycles. The van der Waals surface area contributed by atoms with Gasteiger partial charge in [0.25, 0.3) is 5.91 Å². The van der Waals surface area contributed by atoms with Crippen molar-refractivity contribution in [3.8, 4) is 0 Å². The lowest BCUT2D eigenvalue weighted by molar-refractivity contribution is -0.119. The number of carbonyl (C=O) groups is 2. The van der Waals surface area contributed by atoms with E-state index in [1.54, 1.807) is 16.2 Å². The molecule has 156 valence electrons. The van der Waals surface area contributed by atoms with Gasteiger partial charge in [-0.15, -0.1) is 22.7 Å². The highest BCUT2D eigenvalue weighted by molar-refractivity contribution is 7.18. The van der Waals surface area contributed by atoms with Crippen molar-refractivity contribution >= 4 is 50.4 Å². The molecule has 5 rings (SSSR count). The molecular weight excluding hydrogens is 426 g/mol. The van der Waals surface area contributed by atoms with Crippen LogP contribution in [0.5, 0.6) is 0 Å². The molecule has 0 aliphatic carbocycles. The van der Waals surface area contributed by atoms with Crippen LogP contribution in [-0.4, -0.2) is 34.3 Å². The summed E-state index contributed by atoms with van der Waals surface area (Å²) >= 11 is 3.12. The van der Waals surface area contributed by atoms with Gasteiger partial charge in [-0.3, -0.25) is 9.59 Å². The van der Waals surface area contributed by atoms with Gasteiger partial charge in [0.2, 0.25) is 5.91 Å². The third-order valence-electron chi connectivity index (χ3n) is 5.46. The van der Waals surface area contributed by atoms with Crippen LogP contribution in [0.2, 0.25) is 0 Å². The highest BCUT2D eigenvalue weighted by atomic mass is 32.1. The molecule has 0 unspecified atom stereocenters. The molecule has 31 heavy (non-hydrogen) atoms. The van der Waals surface area contributed by atoms with E-state index in [2.05, 4.69) is 16.4 Å². The Morgan fingerprint density at radius 3 is 2.68 bits per heavy atom. The number of fused-ring (bicyclic) bond motifs is 1. The summed E-state index contributed by atoms with van der Waals surface area (Å²) in [6.45, 7) is 0.621. The maximum atomic E-state index is 12.9. The van der Waals surface area contributed by atoms with Gasteiger partial charge in [-0.25, -0.2) is 4.98 Å². The van der Waals surface area contributed by atoms with Crippen LogP contribution in [0.1, 0.15) is 33.1 Å². The Morgan fingerprint density at radius 1 is 1.06 bits per heavy atom. The number of nitrogens with one attached hydrogen (secondary N) is 1. The number of amides is 2. The van der Waals surface area contributed by atoms with Gasteiger partial charge in [0.15, 0.2) is 0 Å². The van der Waals surface area contributed by atoms with Crippen molar-refractivity contribution < 1.29 is 9.59 Å². The van der Waals surface area contributed by atoms with Crippen molar-refractivity contribution in [3.63, 3.8) is 0 Å². The molecule has 1 aliphatic rings. The van der Waals surface area contributed by atoms with Crippen LogP contribution >= 0.6 is 22.7 Å². The molecule has 1 atom stereocenters. The van der Waals surface area contributed by atoms with Gasteiger partial charge in [0.05, 0.1) is 20.1 Å². The van der Waals surface area contributed by atoms with Crippen molar-refractivity contribution in [1.82, 2.24) is 9.88 Å². The van der Waals surface area contributed by atoms with Crippen LogP contribution in [0.15, 0.2) is 66.0 Å². The van der Waals surface area contributed by atoms with Crippen LogP contribution in [0, 0.1) is 0 Å². The molecule has 0 spiro atoms. The van der Waals surface area contributed by atoms with Crippen molar-refractivity contribution in [1.29, 1.82) is 0 Å². The molecule has 0 bridgehead atoms. The predicted octanol–water partition coefficient (Wildman–Crippen LogP) is 5.19. The lowest BCUT2D eigenvalue weighted by atomic mass is 10.1. The van der Waals surface area contributed by atoms with Crippen molar-refractivity contribution in [2.45, 2.75) is 25.3 Å². The van der Waals surface area contributed by atoms with Gasteiger partial charge >= 0.3 is 0 Å². The first-order chi connectivity index (χ1) is 15.2. The number of benzene rings is 2. The zero-order valence-electron chi connectivity index (χ0n) is 16.8. The minimum Gasteiger partial charge on any atom is -0.326 e. The molecule has 3 heterocycles. The standard InChI is InChI=1S/C24H21N3O2S2/c28-23(19-6-3-13-27(19)24(29)21-8-4-14-30-21)25-17-11-9-16(10-12-17)15-22-26-18-5-1-2-7-20(18)31-22/h1-2,4-5,7-12,14,19H,3,6,13,15H2,(H,25,28)/t19-/m0/s1. The Morgan fingerprint density at radius 2 is 1.90 bits per heavy atom. The number of aromatic nitrogens is 1. The Bertz CT molecular complexity index is 1180. The minimum absolute atomic E-state index is 0.0566. The van der Waals surface area contributed by atoms with Gasteiger partial charge in [0, 0.05) is 18.7 Å². The summed E-state index contributed by atoms with van der Waals surface area (Å²) in [6.07, 6.45) is 2.30. The molecular formula is C24H21N3O2S2. The zero-order valence-corrected chi connectivity index (χ0v) is 18.4. The average molecular weight is 448 g/mol. The second-order valence-corrected chi connectivity index (χ2v) is 9.64. The topological polar surface area (TPSA) is 62.3 Å². The number of thiazole rings is 1. The fraction of sp³-hybridized carbons (Fsp3) is 0.208. The number of hydrogen-bond donors (Lipinski definition) is 1. The summed E-state index contributed by atoms with van der Waals surface area (Å²) in [7, 11) is 0. The zero-order chi connectivity index (χ0) is 21.2. The number of rotatable bonds is 5. The van der Waals surface area contributed by atoms with E-state index in [-0.39, 0.29) is 11.8 Å². The predicted molar refractivity (Wildman–Crippen MR) is 126 cm³/mol. The van der Waals surface area contributed by atoms with E-state index in [4.69, 9.17) is 0 Å². The van der Waals surface area contributed by atoms with Gasteiger partial charge in [-0.1, -0.05) is 30.3 Å². The van der Waals surface area contributed by atoms with Gasteiger partial charge in [-0.2, -0.15) is 0 Å². The van der Waals surface area contributed by atoms with E-state index in [0.29, 0.717) is 17.8 Å². The third-order valence-corrected chi connectivity index (χ3v) is 7.36. The van der Waals surface area contributed by atoms with Gasteiger partial charge in [-0.05, 0) is 54.1 Å². The smallest absolute Gasteiger partial charge is 0.264 e. The van der Waals surface area contributed by atoms with Gasteiger partial charge < -0.3 is 10.2 Å². The summed E-state index contributed by atoms with van der Waals surface area (Å²) < 4.78 is 1.19. The molecule has 0 saturated carbocycles. The molecule has 7 heteroatoms. The Hall–Kier alpha value is -3.03. The van der Waals surface area contributed by atoms with Crippen LogP contribution in [0.4, 0.5) is 5.69 Å². The summed E-state index contributed by atoms with van der Waals surface area (Å²) in [5, 5.41) is 5.94. The first-order valence-corrected chi connectivity index (χ1v) is 12.0. The first kappa shape index (κ1) is 19.9. The molecule has 0 radical (unpaired) electrons. The number of hydrogen-bond acceptors (Lipinski definition) is 5. The molecule has 1 N–H and O–H groups in total. The summed E-state index contributed by atoms with van der Waals surface area (Å²) in [6, 6.07) is 19.3. The SMILES string of the molecule is O=C(Nc1ccc(Cc2nc3ccccc3s2)cc1)[C@@H]1CCCN1C(=O)c1cccs1. The van der Waals surface area contributed by atoms with E-state index in [9.17, 15) is 9.59 Å². The lowest BCUT2D eigenvalue weighted by Gasteiger charge is -2.23. The Labute approximate surface area is 188 Å². The highest BCUT2D eigenvalue weighted by Gasteiger charge is 2.34. The monoisotopic (exact) mass is 447 g/mol. The van der Waals surface area contributed by atoms with E-state index < -0.39 is 6.04 Å². The number of nitrogens with zero attached hydrogens (tertiary/aromatic N) is 2. The second-order valence-electron chi connectivity index (χ2n) is 7.57. The second kappa shape index (κ2) is 8.61. The number of likely N-dealkylation sites (tertiary alicyclic amines) is 1. The molecule has 2 aromatic heterocycles. The molecule has 5 nitrogen and oxygen atoms in total. The molecule has 4 aromatic rings. The molecule has 1 aliphatic heterocycles. The van der Waals surface area contributed by atoms with Crippen LogP contribution in [-0.2, 0) is 11.2 Å². The number of carbonyl (C=O) groups excluding carboxylic acids is 2. The maximum Gasteiger partial charge on any atom is 0.264 e. The molecule has 1 fully saturated rings. The summed E-state index contributed by atoms with van der Waals surface area (Å²) in [5.74, 6) is -0.180. The van der Waals surface area contributed by atoms with Crippen LogP contribution in [0.3, 0.4) is 0 Å². The first-order valence-electron chi connectivity index (χ1n) is 10.3. The van der Waals surface area contributed by atoms with E-state index >= 15 is 0 Å². The van der Waals surface area contributed by atoms with E-state index in [1.807, 2.05) is 60.0 Å². The number of thiophene rings is 1. The Balaban J connectivity index is 1.23. The summed E-state index contributed by atoms with van der Waals surface area (Å²) in [4.78, 5) is 32.6. The normalized spacial score (nSPS) is 16.0. The summed E-state index contributed by atoms with van der Waals surface area (Å²) in [5.41, 5.74) is 2.92. The number of anilines is 1.